The van der Waals surface area contributed by atoms with Crippen LogP contribution in [0.5, 0.6) is 0 Å². The van der Waals surface area contributed by atoms with Crippen molar-refractivity contribution in [2.75, 3.05) is 18.5 Å². The molecule has 0 saturated carbocycles. The minimum absolute atomic E-state index is 0.0845. The molecular weight excluding hydrogens is 308 g/mol. The molecular formula is C15H17ClN2O2S. The lowest BCUT2D eigenvalue weighted by molar-refractivity contribution is -0.120. The number of halogens is 1. The van der Waals surface area contributed by atoms with Gasteiger partial charge in [0, 0.05) is 23.2 Å². The molecule has 0 aliphatic heterocycles. The molecule has 0 unspecified atom stereocenters. The van der Waals surface area contributed by atoms with Gasteiger partial charge in [-0.2, -0.15) is 0 Å². The summed E-state index contributed by atoms with van der Waals surface area (Å²) in [5.41, 5.74) is 2.64. The van der Waals surface area contributed by atoms with Crippen molar-refractivity contribution >= 4 is 34.5 Å². The first-order chi connectivity index (χ1) is 10.2. The number of benzene rings is 1. The minimum atomic E-state index is -0.144. The van der Waals surface area contributed by atoms with E-state index in [1.807, 2.05) is 36.6 Å². The van der Waals surface area contributed by atoms with Crippen molar-refractivity contribution in [3.63, 3.8) is 0 Å². The summed E-state index contributed by atoms with van der Waals surface area (Å²) in [5, 5.41) is 5.67. The fourth-order valence-electron chi connectivity index (χ4n) is 1.70. The van der Waals surface area contributed by atoms with Gasteiger partial charge in [-0.1, -0.05) is 6.92 Å². The van der Waals surface area contributed by atoms with Gasteiger partial charge < -0.3 is 10.1 Å². The number of ether oxygens (including phenoxy) is 1. The maximum atomic E-state index is 11.6. The molecule has 0 fully saturated rings. The minimum Gasteiger partial charge on any atom is -0.372 e. The molecule has 0 aliphatic carbocycles. The van der Waals surface area contributed by atoms with E-state index in [4.69, 9.17) is 16.3 Å². The van der Waals surface area contributed by atoms with E-state index in [0.717, 1.165) is 28.4 Å². The molecule has 1 N–H and O–H groups in total. The summed E-state index contributed by atoms with van der Waals surface area (Å²) in [6.45, 7) is 2.69. The smallest absolute Gasteiger partial charge is 0.250 e. The first kappa shape index (κ1) is 15.9. The Bertz CT molecular complexity index is 584. The van der Waals surface area contributed by atoms with Crippen LogP contribution < -0.4 is 5.32 Å². The van der Waals surface area contributed by atoms with Crippen molar-refractivity contribution in [2.24, 2.45) is 0 Å². The molecule has 2 aromatic rings. The van der Waals surface area contributed by atoms with Crippen LogP contribution in [0.25, 0.3) is 10.6 Å². The van der Waals surface area contributed by atoms with Crippen molar-refractivity contribution in [1.29, 1.82) is 0 Å². The van der Waals surface area contributed by atoms with Crippen molar-refractivity contribution < 1.29 is 9.53 Å². The zero-order chi connectivity index (χ0) is 15.1. The highest BCUT2D eigenvalue weighted by atomic mass is 35.5. The number of nitrogens with one attached hydrogen (secondary N) is 1. The monoisotopic (exact) mass is 324 g/mol. The topological polar surface area (TPSA) is 51.2 Å². The zero-order valence-corrected chi connectivity index (χ0v) is 13.3. The van der Waals surface area contributed by atoms with Crippen molar-refractivity contribution in [3.05, 3.63) is 35.3 Å². The number of carbonyl (C=O) groups is 1. The lowest BCUT2D eigenvalue weighted by Gasteiger charge is -2.06. The van der Waals surface area contributed by atoms with Crippen LogP contribution in [-0.4, -0.2) is 24.1 Å². The number of hydrogen-bond donors (Lipinski definition) is 1. The molecule has 0 bridgehead atoms. The highest BCUT2D eigenvalue weighted by Gasteiger charge is 2.06. The molecule has 6 heteroatoms. The third-order valence-corrected chi connectivity index (χ3v) is 3.90. The van der Waals surface area contributed by atoms with Gasteiger partial charge in [-0.15, -0.1) is 22.9 Å². The van der Waals surface area contributed by atoms with E-state index in [1.54, 1.807) is 11.3 Å². The molecule has 21 heavy (non-hydrogen) atoms. The second-order valence-electron chi connectivity index (χ2n) is 4.46. The highest BCUT2D eigenvalue weighted by molar-refractivity contribution is 7.13. The Labute approximate surface area is 133 Å². The van der Waals surface area contributed by atoms with Crippen molar-refractivity contribution in [1.82, 2.24) is 4.98 Å². The summed E-state index contributed by atoms with van der Waals surface area (Å²) in [5.74, 6) is 0.275. The first-order valence-corrected chi connectivity index (χ1v) is 8.12. The maximum Gasteiger partial charge on any atom is 0.250 e. The van der Waals surface area contributed by atoms with Gasteiger partial charge in [0.2, 0.25) is 5.91 Å². The molecule has 0 spiro atoms. The predicted octanol–water partition coefficient (Wildman–Crippen LogP) is 3.91. The molecule has 0 aliphatic rings. The Hall–Kier alpha value is -1.43. The molecule has 2 rings (SSSR count). The average Bonchev–Trinajstić information content (AvgIpc) is 2.97. The molecule has 0 radical (unpaired) electrons. The maximum absolute atomic E-state index is 11.6. The van der Waals surface area contributed by atoms with Crippen LogP contribution in [-0.2, 0) is 15.4 Å². The number of nitrogens with zero attached hydrogens (tertiary/aromatic N) is 1. The van der Waals surface area contributed by atoms with Crippen LogP contribution in [0.1, 0.15) is 19.0 Å². The van der Waals surface area contributed by atoms with Gasteiger partial charge in [-0.05, 0) is 30.7 Å². The van der Waals surface area contributed by atoms with Gasteiger partial charge in [0.1, 0.15) is 11.6 Å². The van der Waals surface area contributed by atoms with Crippen LogP contribution >= 0.6 is 22.9 Å². The number of carbonyl (C=O) groups excluding carboxylic acids is 1. The van der Waals surface area contributed by atoms with E-state index in [0.29, 0.717) is 12.5 Å². The molecule has 1 aromatic carbocycles. The lowest BCUT2D eigenvalue weighted by atomic mass is 10.2. The second-order valence-corrected chi connectivity index (χ2v) is 5.58. The highest BCUT2D eigenvalue weighted by Crippen LogP contribution is 2.25. The largest absolute Gasteiger partial charge is 0.372 e. The second kappa shape index (κ2) is 8.12. The lowest BCUT2D eigenvalue weighted by Crippen LogP contribution is -2.18. The quantitative estimate of drug-likeness (QED) is 0.620. The number of anilines is 1. The number of aromatic nitrogens is 1. The summed E-state index contributed by atoms with van der Waals surface area (Å²) in [6, 6.07) is 7.57. The van der Waals surface area contributed by atoms with Gasteiger partial charge in [0.25, 0.3) is 0 Å². The van der Waals surface area contributed by atoms with Gasteiger partial charge in [-0.25, -0.2) is 4.98 Å². The van der Waals surface area contributed by atoms with E-state index >= 15 is 0 Å². The molecule has 0 atom stereocenters. The van der Waals surface area contributed by atoms with E-state index in [2.05, 4.69) is 10.3 Å². The van der Waals surface area contributed by atoms with Crippen molar-refractivity contribution in [2.45, 2.75) is 19.2 Å². The fraction of sp³-hybridized carbons (Fsp3) is 0.333. The summed E-state index contributed by atoms with van der Waals surface area (Å²) in [6.07, 6.45) is 0.903. The molecule has 4 nitrogen and oxygen atoms in total. The normalized spacial score (nSPS) is 10.6. The van der Waals surface area contributed by atoms with Crippen LogP contribution in [0, 0.1) is 0 Å². The summed E-state index contributed by atoms with van der Waals surface area (Å²) < 4.78 is 5.19. The third-order valence-electron chi connectivity index (χ3n) is 2.69. The molecule has 1 aromatic heterocycles. The van der Waals surface area contributed by atoms with Gasteiger partial charge in [-0.3, -0.25) is 4.79 Å². The summed E-state index contributed by atoms with van der Waals surface area (Å²) in [7, 11) is 0. The number of amides is 1. The number of hydrogen-bond acceptors (Lipinski definition) is 4. The fourth-order valence-corrected chi connectivity index (χ4v) is 2.76. The Kier molecular flexibility index (Phi) is 6.17. The average molecular weight is 325 g/mol. The zero-order valence-electron chi connectivity index (χ0n) is 11.8. The Morgan fingerprint density at radius 2 is 2.14 bits per heavy atom. The first-order valence-electron chi connectivity index (χ1n) is 6.71. The Morgan fingerprint density at radius 3 is 2.76 bits per heavy atom. The standard InChI is InChI=1S/C15H17ClN2O2S/c1-2-7-20-9-14(19)17-12-5-3-11(4-6-12)15-18-13(8-16)10-21-15/h3-6,10H,2,7-9H2,1H3,(H,17,19). The van der Waals surface area contributed by atoms with Gasteiger partial charge >= 0.3 is 0 Å². The van der Waals surface area contributed by atoms with E-state index in [1.165, 1.54) is 0 Å². The summed E-state index contributed by atoms with van der Waals surface area (Å²) >= 11 is 7.30. The van der Waals surface area contributed by atoms with Gasteiger partial charge in [0.05, 0.1) is 11.6 Å². The Morgan fingerprint density at radius 1 is 1.38 bits per heavy atom. The third kappa shape index (κ3) is 4.81. The Balaban J connectivity index is 1.94. The van der Waals surface area contributed by atoms with Crippen LogP contribution in [0.4, 0.5) is 5.69 Å². The molecule has 0 saturated heterocycles. The van der Waals surface area contributed by atoms with Gasteiger partial charge in [0.15, 0.2) is 0 Å². The van der Waals surface area contributed by atoms with E-state index in [9.17, 15) is 4.79 Å². The van der Waals surface area contributed by atoms with Crippen LogP contribution in [0.15, 0.2) is 29.6 Å². The van der Waals surface area contributed by atoms with E-state index < -0.39 is 0 Å². The molecule has 1 amide bonds. The number of rotatable bonds is 7. The number of alkyl halides is 1. The van der Waals surface area contributed by atoms with Crippen LogP contribution in [0.3, 0.4) is 0 Å². The number of thiazole rings is 1. The van der Waals surface area contributed by atoms with Crippen LogP contribution in [0.2, 0.25) is 0 Å². The van der Waals surface area contributed by atoms with Crippen molar-refractivity contribution in [3.8, 4) is 10.6 Å². The predicted molar refractivity (Wildman–Crippen MR) is 86.8 cm³/mol. The summed E-state index contributed by atoms with van der Waals surface area (Å²) in [4.78, 5) is 16.0. The molecule has 1 heterocycles. The van der Waals surface area contributed by atoms with E-state index in [-0.39, 0.29) is 12.5 Å². The SMILES string of the molecule is CCCOCC(=O)Nc1ccc(-c2nc(CCl)cs2)cc1. The molecule has 112 valence electrons.